The van der Waals surface area contributed by atoms with Gasteiger partial charge < -0.3 is 19.5 Å². The molecule has 0 radical (unpaired) electrons. The predicted molar refractivity (Wildman–Crippen MR) is 78.4 cm³/mol. The Morgan fingerprint density at radius 2 is 2.14 bits per heavy atom. The van der Waals surface area contributed by atoms with Crippen LogP contribution >= 0.6 is 0 Å². The van der Waals surface area contributed by atoms with Gasteiger partial charge in [0.25, 0.3) is 5.91 Å². The highest BCUT2D eigenvalue weighted by Crippen LogP contribution is 2.42. The molecular weight excluding hydrogens is 272 g/mol. The van der Waals surface area contributed by atoms with Crippen molar-refractivity contribution in [2.75, 3.05) is 32.8 Å². The van der Waals surface area contributed by atoms with Crippen LogP contribution in [0.3, 0.4) is 0 Å². The van der Waals surface area contributed by atoms with Gasteiger partial charge >= 0.3 is 0 Å². The van der Waals surface area contributed by atoms with Gasteiger partial charge in [0.2, 0.25) is 5.88 Å². The molecule has 6 nitrogen and oxygen atoms in total. The zero-order valence-electron chi connectivity index (χ0n) is 12.7. The molecule has 0 saturated heterocycles. The van der Waals surface area contributed by atoms with Crippen molar-refractivity contribution in [3.63, 3.8) is 0 Å². The van der Waals surface area contributed by atoms with E-state index in [0.717, 1.165) is 12.8 Å². The molecule has 1 aliphatic carbocycles. The van der Waals surface area contributed by atoms with Crippen molar-refractivity contribution < 1.29 is 19.0 Å². The average Bonchev–Trinajstić information content (AvgIpc) is 3.33. The molecule has 1 heterocycles. The monoisotopic (exact) mass is 294 g/mol. The van der Waals surface area contributed by atoms with E-state index >= 15 is 0 Å². The molecule has 0 aromatic carbocycles. The van der Waals surface area contributed by atoms with E-state index in [1.165, 1.54) is 0 Å². The van der Waals surface area contributed by atoms with Crippen molar-refractivity contribution in [2.24, 2.45) is 5.92 Å². The number of nitrogens with one attached hydrogen (secondary N) is 1. The summed E-state index contributed by atoms with van der Waals surface area (Å²) in [4.78, 5) is 16.5. The van der Waals surface area contributed by atoms with E-state index in [9.17, 15) is 4.79 Å². The number of pyridine rings is 1. The van der Waals surface area contributed by atoms with Gasteiger partial charge in [-0.15, -0.1) is 0 Å². The zero-order chi connectivity index (χ0) is 15.3. The molecule has 1 N–H and O–H groups in total. The number of amides is 1. The first-order valence-electron chi connectivity index (χ1n) is 7.04. The third-order valence-corrected chi connectivity index (χ3v) is 3.76. The lowest BCUT2D eigenvalue weighted by Crippen LogP contribution is -2.44. The van der Waals surface area contributed by atoms with Gasteiger partial charge in [0.1, 0.15) is 12.2 Å². The van der Waals surface area contributed by atoms with Gasteiger partial charge in [-0.3, -0.25) is 4.79 Å². The van der Waals surface area contributed by atoms with Gasteiger partial charge in [-0.05, 0) is 31.7 Å². The first-order valence-corrected chi connectivity index (χ1v) is 7.04. The second-order valence-corrected chi connectivity index (χ2v) is 5.27. The van der Waals surface area contributed by atoms with Crippen LogP contribution in [0.15, 0.2) is 18.3 Å². The predicted octanol–water partition coefficient (Wildman–Crippen LogP) is 1.86. The fourth-order valence-corrected chi connectivity index (χ4v) is 2.10. The number of carbonyl (C=O) groups is 1. The lowest BCUT2D eigenvalue weighted by atomic mass is 9.99. The number of hydrogen-bond donors (Lipinski definition) is 1. The molecular formula is C15H22N2O4. The lowest BCUT2D eigenvalue weighted by molar-refractivity contribution is -0.138. The molecule has 1 aromatic heterocycles. The van der Waals surface area contributed by atoms with Crippen molar-refractivity contribution >= 4 is 11.6 Å². The summed E-state index contributed by atoms with van der Waals surface area (Å²) < 4.78 is 15.7. The van der Waals surface area contributed by atoms with Crippen LogP contribution in [-0.2, 0) is 14.3 Å². The summed E-state index contributed by atoms with van der Waals surface area (Å²) in [6.07, 6.45) is 3.63. The van der Waals surface area contributed by atoms with Crippen molar-refractivity contribution in [2.45, 2.75) is 25.4 Å². The zero-order valence-corrected chi connectivity index (χ0v) is 12.7. The number of rotatable bonds is 8. The molecule has 1 aliphatic rings. The molecule has 1 saturated carbocycles. The van der Waals surface area contributed by atoms with Crippen LogP contribution in [0.4, 0.5) is 5.69 Å². The summed E-state index contributed by atoms with van der Waals surface area (Å²) in [5, 5.41) is 2.84. The highest BCUT2D eigenvalue weighted by Gasteiger charge is 2.47. The molecule has 0 spiro atoms. The van der Waals surface area contributed by atoms with Crippen molar-refractivity contribution in [1.82, 2.24) is 4.98 Å². The second kappa shape index (κ2) is 6.87. The molecule has 6 heteroatoms. The number of carbonyl (C=O) groups excluding carboxylic acids is 1. The Kier molecular flexibility index (Phi) is 5.14. The van der Waals surface area contributed by atoms with E-state index in [0.29, 0.717) is 30.7 Å². The summed E-state index contributed by atoms with van der Waals surface area (Å²) in [6, 6.07) is 3.47. The summed E-state index contributed by atoms with van der Waals surface area (Å²) in [6.45, 7) is 2.78. The Labute approximate surface area is 124 Å². The molecule has 116 valence electrons. The van der Waals surface area contributed by atoms with Crippen molar-refractivity contribution in [1.29, 1.82) is 0 Å². The van der Waals surface area contributed by atoms with Crippen LogP contribution in [-0.4, -0.2) is 43.9 Å². The van der Waals surface area contributed by atoms with Gasteiger partial charge in [-0.1, -0.05) is 0 Å². The summed E-state index contributed by atoms with van der Waals surface area (Å²) in [5.41, 5.74) is -0.142. The third-order valence-electron chi connectivity index (χ3n) is 3.76. The number of hydrogen-bond acceptors (Lipinski definition) is 5. The van der Waals surface area contributed by atoms with E-state index in [1.54, 1.807) is 32.5 Å². The van der Waals surface area contributed by atoms with Gasteiger partial charge in [0.05, 0.1) is 18.5 Å². The minimum absolute atomic E-state index is 0.137. The summed E-state index contributed by atoms with van der Waals surface area (Å²) in [7, 11) is 3.19. The second-order valence-electron chi connectivity index (χ2n) is 5.27. The largest absolute Gasteiger partial charge is 0.475 e. The van der Waals surface area contributed by atoms with E-state index < -0.39 is 5.60 Å². The molecule has 1 amide bonds. The van der Waals surface area contributed by atoms with Gasteiger partial charge in [-0.25, -0.2) is 4.98 Å². The average molecular weight is 294 g/mol. The third kappa shape index (κ3) is 3.92. The quantitative estimate of drug-likeness (QED) is 0.741. The Hall–Kier alpha value is -1.66. The van der Waals surface area contributed by atoms with Crippen LogP contribution in [0.2, 0.25) is 0 Å². The van der Waals surface area contributed by atoms with E-state index in [4.69, 9.17) is 14.2 Å². The van der Waals surface area contributed by atoms with E-state index in [2.05, 4.69) is 10.3 Å². The van der Waals surface area contributed by atoms with Crippen LogP contribution in [0, 0.1) is 5.92 Å². The van der Waals surface area contributed by atoms with Gasteiger partial charge in [0.15, 0.2) is 0 Å². The molecule has 2 rings (SSSR count). The van der Waals surface area contributed by atoms with Gasteiger partial charge in [0, 0.05) is 20.3 Å². The van der Waals surface area contributed by atoms with Crippen molar-refractivity contribution in [3.8, 4) is 5.88 Å². The smallest absolute Gasteiger partial charge is 0.256 e. The minimum Gasteiger partial charge on any atom is -0.475 e. The molecule has 1 fully saturated rings. The van der Waals surface area contributed by atoms with Crippen LogP contribution in [0.25, 0.3) is 0 Å². The number of ether oxygens (including phenoxy) is 3. The van der Waals surface area contributed by atoms with E-state index in [1.807, 2.05) is 6.92 Å². The summed E-state index contributed by atoms with van der Waals surface area (Å²) >= 11 is 0. The fraction of sp³-hybridized carbons (Fsp3) is 0.600. The maximum Gasteiger partial charge on any atom is 0.256 e. The maximum absolute atomic E-state index is 12.3. The van der Waals surface area contributed by atoms with Gasteiger partial charge in [-0.2, -0.15) is 0 Å². The number of methoxy groups -OCH3 is 2. The lowest BCUT2D eigenvalue weighted by Gasteiger charge is -2.26. The van der Waals surface area contributed by atoms with Crippen molar-refractivity contribution in [3.05, 3.63) is 18.3 Å². The SMILES string of the molecule is COCCOc1ccc(NC(=O)[C@@](C)(OC)C2CC2)cn1. The minimum atomic E-state index is -0.770. The van der Waals surface area contributed by atoms with Crippen LogP contribution in [0.1, 0.15) is 19.8 Å². The number of aromatic nitrogens is 1. The number of anilines is 1. The highest BCUT2D eigenvalue weighted by molar-refractivity contribution is 5.97. The molecule has 0 unspecified atom stereocenters. The maximum atomic E-state index is 12.3. The number of nitrogens with zero attached hydrogens (tertiary/aromatic N) is 1. The van der Waals surface area contributed by atoms with E-state index in [-0.39, 0.29) is 5.91 Å². The summed E-state index contributed by atoms with van der Waals surface area (Å²) in [5.74, 6) is 0.663. The normalized spacial score (nSPS) is 17.1. The first kappa shape index (κ1) is 15.7. The molecule has 0 aliphatic heterocycles. The Bertz CT molecular complexity index is 473. The molecule has 21 heavy (non-hydrogen) atoms. The van der Waals surface area contributed by atoms with Crippen LogP contribution < -0.4 is 10.1 Å². The standard InChI is InChI=1S/C15H22N2O4/c1-15(20-3,11-4-5-11)14(18)17-12-6-7-13(16-10-12)21-9-8-19-2/h6-7,10-11H,4-5,8-9H2,1-3H3,(H,17,18)/t15-/m0/s1. The first-order chi connectivity index (χ1) is 10.1. The molecule has 1 atom stereocenters. The Morgan fingerprint density at radius 1 is 1.38 bits per heavy atom. The van der Waals surface area contributed by atoms with Crippen LogP contribution in [0.5, 0.6) is 5.88 Å². The fourth-order valence-electron chi connectivity index (χ4n) is 2.10. The Balaban J connectivity index is 1.92. The Morgan fingerprint density at radius 3 is 2.67 bits per heavy atom. The topological polar surface area (TPSA) is 69.7 Å². The molecule has 1 aromatic rings. The highest BCUT2D eigenvalue weighted by atomic mass is 16.5. The molecule has 0 bridgehead atoms.